The SMILES string of the molecule is c1ccc(-c2ccc(-c3nc(-c4ccc(-n5c6ccccc6c6c7c(ccc65)ccn7-c5ccccc5)cc4)nc4ccccc34)cc2)cc1.c1ccc(-c2cccc(-c3nc(-c4ccc(-n5c6ccccc6c6c7c(ccc65)ccn7-c5ccccc5)cc4)nc4ccccc34)c2)cc1. The van der Waals surface area contributed by atoms with Gasteiger partial charge in [0.25, 0.3) is 0 Å². The highest BCUT2D eigenvalue weighted by Crippen LogP contribution is 2.42. The number of para-hydroxylation sites is 6. The molecule has 468 valence electrons. The van der Waals surface area contributed by atoms with Crippen LogP contribution in [0.2, 0.25) is 0 Å². The third-order valence-corrected chi connectivity index (χ3v) is 19.5. The van der Waals surface area contributed by atoms with Crippen molar-refractivity contribution in [3.05, 3.63) is 364 Å². The summed E-state index contributed by atoms with van der Waals surface area (Å²) in [5, 5.41) is 9.47. The molecule has 0 aliphatic carbocycles. The van der Waals surface area contributed by atoms with Gasteiger partial charge in [-0.25, -0.2) is 19.9 Å². The molecule has 14 aromatic carbocycles. The van der Waals surface area contributed by atoms with E-state index >= 15 is 0 Å². The Balaban J connectivity index is 0.000000139. The smallest absolute Gasteiger partial charge is 0.160 e. The van der Waals surface area contributed by atoms with Gasteiger partial charge in [0.15, 0.2) is 11.6 Å². The molecule has 0 amide bonds. The molecular formula is C92H60N8. The largest absolute Gasteiger partial charge is 0.316 e. The molecule has 0 aliphatic rings. The van der Waals surface area contributed by atoms with Crippen molar-refractivity contribution in [2.24, 2.45) is 0 Å². The van der Waals surface area contributed by atoms with E-state index in [-0.39, 0.29) is 0 Å². The Bertz CT molecular complexity index is 6470. The second-order valence-electron chi connectivity index (χ2n) is 25.4. The lowest BCUT2D eigenvalue weighted by Gasteiger charge is -2.12. The Hall–Kier alpha value is -13.6. The van der Waals surface area contributed by atoms with Crippen LogP contribution in [0.3, 0.4) is 0 Å². The Labute approximate surface area is 576 Å². The van der Waals surface area contributed by atoms with Crippen molar-refractivity contribution in [2.45, 2.75) is 0 Å². The van der Waals surface area contributed by atoms with Crippen LogP contribution in [0.5, 0.6) is 0 Å². The Morgan fingerprint density at radius 2 is 0.570 bits per heavy atom. The summed E-state index contributed by atoms with van der Waals surface area (Å²) >= 11 is 0. The molecule has 0 saturated heterocycles. The second-order valence-corrected chi connectivity index (χ2v) is 25.4. The van der Waals surface area contributed by atoms with Crippen LogP contribution in [0, 0.1) is 0 Å². The first-order valence-corrected chi connectivity index (χ1v) is 33.8. The molecule has 8 nitrogen and oxygen atoms in total. The summed E-state index contributed by atoms with van der Waals surface area (Å²) in [5.74, 6) is 1.42. The highest BCUT2D eigenvalue weighted by atomic mass is 15.0. The fourth-order valence-corrected chi connectivity index (χ4v) is 14.8. The fourth-order valence-electron chi connectivity index (χ4n) is 14.8. The molecule has 20 rings (SSSR count). The van der Waals surface area contributed by atoms with Gasteiger partial charge in [0, 0.05) is 100 Å². The predicted molar refractivity (Wildman–Crippen MR) is 414 cm³/mol. The Morgan fingerprint density at radius 3 is 1.05 bits per heavy atom. The summed E-state index contributed by atoms with van der Waals surface area (Å²) in [6.07, 6.45) is 4.35. The zero-order valence-corrected chi connectivity index (χ0v) is 54.2. The second kappa shape index (κ2) is 24.3. The molecule has 0 aliphatic heterocycles. The van der Waals surface area contributed by atoms with Crippen molar-refractivity contribution in [3.63, 3.8) is 0 Å². The fraction of sp³-hybridized carbons (Fsp3) is 0. The van der Waals surface area contributed by atoms with Crippen molar-refractivity contribution in [3.8, 4) is 90.3 Å². The zero-order valence-electron chi connectivity index (χ0n) is 54.2. The molecular weight excluding hydrogens is 1220 g/mol. The van der Waals surface area contributed by atoms with Crippen LogP contribution in [-0.4, -0.2) is 38.2 Å². The van der Waals surface area contributed by atoms with Crippen LogP contribution in [0.4, 0.5) is 0 Å². The number of hydrogen-bond acceptors (Lipinski definition) is 4. The molecule has 0 saturated carbocycles. The molecule has 20 aromatic rings. The number of nitrogens with zero attached hydrogens (tertiary/aromatic N) is 8. The normalized spacial score (nSPS) is 11.6. The minimum Gasteiger partial charge on any atom is -0.316 e. The van der Waals surface area contributed by atoms with Gasteiger partial charge in [-0.3, -0.25) is 0 Å². The molecule has 8 heteroatoms. The van der Waals surface area contributed by atoms with Crippen LogP contribution in [0.1, 0.15) is 0 Å². The summed E-state index contributed by atoms with van der Waals surface area (Å²) in [6, 6.07) is 124. The number of fused-ring (bicyclic) bond motifs is 12. The van der Waals surface area contributed by atoms with Crippen molar-refractivity contribution in [1.29, 1.82) is 0 Å². The van der Waals surface area contributed by atoms with Crippen LogP contribution in [0.25, 0.3) is 178 Å². The number of benzene rings is 14. The summed E-state index contributed by atoms with van der Waals surface area (Å²) in [6.45, 7) is 0. The lowest BCUT2D eigenvalue weighted by atomic mass is 9.99. The summed E-state index contributed by atoms with van der Waals surface area (Å²) in [4.78, 5) is 20.5. The number of rotatable bonds is 10. The van der Waals surface area contributed by atoms with Gasteiger partial charge in [-0.2, -0.15) is 0 Å². The first-order chi connectivity index (χ1) is 49.6. The first-order valence-electron chi connectivity index (χ1n) is 33.8. The Kier molecular flexibility index (Phi) is 14.0. The van der Waals surface area contributed by atoms with E-state index in [1.165, 1.54) is 82.1 Å². The van der Waals surface area contributed by atoms with Gasteiger partial charge in [0.2, 0.25) is 0 Å². The highest BCUT2D eigenvalue weighted by molar-refractivity contribution is 6.22. The molecule has 0 bridgehead atoms. The molecule has 0 fully saturated rings. The quantitative estimate of drug-likeness (QED) is 0.137. The van der Waals surface area contributed by atoms with Crippen LogP contribution in [0.15, 0.2) is 364 Å². The van der Waals surface area contributed by atoms with E-state index in [2.05, 4.69) is 358 Å². The van der Waals surface area contributed by atoms with Gasteiger partial charge in [-0.15, -0.1) is 0 Å². The summed E-state index contributed by atoms with van der Waals surface area (Å²) in [5.41, 5.74) is 24.1. The van der Waals surface area contributed by atoms with E-state index in [0.29, 0.717) is 11.6 Å². The van der Waals surface area contributed by atoms with E-state index in [1.807, 2.05) is 24.3 Å². The van der Waals surface area contributed by atoms with Crippen LogP contribution < -0.4 is 0 Å². The lowest BCUT2D eigenvalue weighted by molar-refractivity contribution is 1.13. The van der Waals surface area contributed by atoms with Gasteiger partial charge in [0.1, 0.15) is 0 Å². The lowest BCUT2D eigenvalue weighted by Crippen LogP contribution is -1.97. The minimum absolute atomic E-state index is 0.708. The van der Waals surface area contributed by atoms with Gasteiger partial charge in [-0.1, -0.05) is 224 Å². The molecule has 6 aromatic heterocycles. The summed E-state index contributed by atoms with van der Waals surface area (Å²) in [7, 11) is 0. The van der Waals surface area contributed by atoms with Gasteiger partial charge in [-0.05, 0) is 150 Å². The topological polar surface area (TPSA) is 71.3 Å². The maximum atomic E-state index is 5.21. The first kappa shape index (κ1) is 57.9. The number of hydrogen-bond donors (Lipinski definition) is 0. The molecule has 6 heterocycles. The monoisotopic (exact) mass is 1280 g/mol. The molecule has 0 atom stereocenters. The molecule has 0 unspecified atom stereocenters. The van der Waals surface area contributed by atoms with Crippen LogP contribution >= 0.6 is 0 Å². The van der Waals surface area contributed by atoms with Crippen molar-refractivity contribution in [2.75, 3.05) is 0 Å². The standard InChI is InChI=1S/2C46H30N4/c1-3-12-31(13-4-1)34-14-11-15-35(30-34)44-38-18-7-9-20-40(38)47-46(48-44)33-22-25-37(26-23-33)50-41-21-10-8-19-39(41)43-42(50)27-24-32-28-29-49(45(32)43)36-16-5-2-6-17-36;1-3-11-31(12-4-1)32-19-21-33(22-20-32)44-38-15-7-9-17-40(38)47-46(48-44)35-23-26-37(27-24-35)50-41-18-10-8-16-39(41)43-42(50)28-25-34-29-30-49(45(34)43)36-13-5-2-6-14-36/h2*1-30H. The van der Waals surface area contributed by atoms with E-state index in [4.69, 9.17) is 19.9 Å². The average Bonchev–Trinajstić information content (AvgIpc) is 1.57. The van der Waals surface area contributed by atoms with E-state index in [0.717, 1.165) is 83.8 Å². The van der Waals surface area contributed by atoms with E-state index < -0.39 is 0 Å². The van der Waals surface area contributed by atoms with Crippen LogP contribution in [-0.2, 0) is 0 Å². The van der Waals surface area contributed by atoms with Crippen molar-refractivity contribution >= 4 is 87.2 Å². The van der Waals surface area contributed by atoms with Crippen molar-refractivity contribution in [1.82, 2.24) is 38.2 Å². The third-order valence-electron chi connectivity index (χ3n) is 19.5. The Morgan fingerprint density at radius 1 is 0.210 bits per heavy atom. The van der Waals surface area contributed by atoms with Crippen molar-refractivity contribution < 1.29 is 0 Å². The number of aromatic nitrogens is 8. The maximum Gasteiger partial charge on any atom is 0.160 e. The highest BCUT2D eigenvalue weighted by Gasteiger charge is 2.22. The predicted octanol–water partition coefficient (Wildman–Crippen LogP) is 23.3. The van der Waals surface area contributed by atoms with Gasteiger partial charge in [0.05, 0.1) is 55.5 Å². The average molecular weight is 1280 g/mol. The minimum atomic E-state index is 0.708. The summed E-state index contributed by atoms with van der Waals surface area (Å²) < 4.78 is 9.36. The molecule has 0 N–H and O–H groups in total. The third kappa shape index (κ3) is 10.0. The molecule has 0 spiro atoms. The molecule has 100 heavy (non-hydrogen) atoms. The zero-order chi connectivity index (χ0) is 66.0. The van der Waals surface area contributed by atoms with E-state index in [1.54, 1.807) is 0 Å². The van der Waals surface area contributed by atoms with Gasteiger partial charge < -0.3 is 18.3 Å². The molecule has 0 radical (unpaired) electrons. The van der Waals surface area contributed by atoms with Gasteiger partial charge >= 0.3 is 0 Å². The van der Waals surface area contributed by atoms with E-state index in [9.17, 15) is 0 Å². The maximum absolute atomic E-state index is 5.21.